The van der Waals surface area contributed by atoms with Crippen LogP contribution in [0.1, 0.15) is 27.7 Å². The van der Waals surface area contributed by atoms with Crippen LogP contribution in [0.4, 0.5) is 0 Å². The molecule has 0 aliphatic carbocycles. The molecular formula is C18H22ClN3O2S. The molecule has 1 aromatic heterocycles. The molecule has 5 nitrogen and oxygen atoms in total. The van der Waals surface area contributed by atoms with Crippen LogP contribution in [0, 0.1) is 0 Å². The smallest absolute Gasteiger partial charge is 0.252 e. The number of benzene rings is 1. The first kappa shape index (κ1) is 19.4. The third-order valence-electron chi connectivity index (χ3n) is 3.74. The molecule has 0 saturated heterocycles. The minimum Gasteiger partial charge on any atom is -0.354 e. The second-order valence-electron chi connectivity index (χ2n) is 5.78. The van der Waals surface area contributed by atoms with Gasteiger partial charge < -0.3 is 15.5 Å². The zero-order valence-corrected chi connectivity index (χ0v) is 15.9. The highest BCUT2D eigenvalue weighted by atomic mass is 35.5. The first-order valence-electron chi connectivity index (χ1n) is 7.98. The second-order valence-corrected chi connectivity index (χ2v) is 7.17. The Kier molecular flexibility index (Phi) is 7.43. The molecule has 25 heavy (non-hydrogen) atoms. The molecule has 0 saturated carbocycles. The summed E-state index contributed by atoms with van der Waals surface area (Å²) in [4.78, 5) is 27.3. The van der Waals surface area contributed by atoms with Gasteiger partial charge in [0, 0.05) is 24.4 Å². The quantitative estimate of drug-likeness (QED) is 0.741. The Labute approximate surface area is 157 Å². The Morgan fingerprint density at radius 3 is 2.56 bits per heavy atom. The van der Waals surface area contributed by atoms with Crippen LogP contribution in [0.15, 0.2) is 41.8 Å². The van der Waals surface area contributed by atoms with Gasteiger partial charge in [-0.2, -0.15) is 0 Å². The molecule has 0 aliphatic rings. The molecule has 0 aliphatic heterocycles. The standard InChI is InChI=1S/C18H22ClN3O2S/c1-22(2)15(16-8-5-11-25-16)12-21-17(23)9-10-20-18(24)13-6-3-4-7-14(13)19/h3-8,11,15H,9-10,12H2,1-2H3,(H,20,24)(H,21,23). The van der Waals surface area contributed by atoms with Crippen molar-refractivity contribution in [3.05, 3.63) is 57.2 Å². The van der Waals surface area contributed by atoms with Gasteiger partial charge in [-0.15, -0.1) is 11.3 Å². The molecule has 0 spiro atoms. The van der Waals surface area contributed by atoms with Crippen molar-refractivity contribution in [1.29, 1.82) is 0 Å². The average molecular weight is 380 g/mol. The minimum absolute atomic E-state index is 0.0946. The molecule has 7 heteroatoms. The maximum Gasteiger partial charge on any atom is 0.252 e. The van der Waals surface area contributed by atoms with E-state index < -0.39 is 0 Å². The van der Waals surface area contributed by atoms with Gasteiger partial charge in [-0.05, 0) is 37.7 Å². The number of nitrogens with zero attached hydrogens (tertiary/aromatic N) is 1. The Hall–Kier alpha value is -1.89. The first-order chi connectivity index (χ1) is 12.0. The van der Waals surface area contributed by atoms with Gasteiger partial charge >= 0.3 is 0 Å². The SMILES string of the molecule is CN(C)C(CNC(=O)CCNC(=O)c1ccccc1Cl)c1cccs1. The van der Waals surface area contributed by atoms with Crippen LogP contribution in [0.3, 0.4) is 0 Å². The van der Waals surface area contributed by atoms with E-state index in [-0.39, 0.29) is 30.8 Å². The van der Waals surface area contributed by atoms with Gasteiger partial charge in [0.2, 0.25) is 5.91 Å². The fourth-order valence-electron chi connectivity index (χ4n) is 2.35. The number of rotatable bonds is 8. The first-order valence-corrected chi connectivity index (χ1v) is 9.24. The Morgan fingerprint density at radius 1 is 1.16 bits per heavy atom. The highest BCUT2D eigenvalue weighted by molar-refractivity contribution is 7.10. The number of likely N-dealkylation sites (N-methyl/N-ethyl adjacent to an activating group) is 1. The van der Waals surface area contributed by atoms with Crippen molar-refractivity contribution in [1.82, 2.24) is 15.5 Å². The van der Waals surface area contributed by atoms with Gasteiger partial charge in [0.1, 0.15) is 0 Å². The summed E-state index contributed by atoms with van der Waals surface area (Å²) in [5.41, 5.74) is 0.412. The number of hydrogen-bond acceptors (Lipinski definition) is 4. The van der Waals surface area contributed by atoms with E-state index in [1.165, 1.54) is 4.88 Å². The van der Waals surface area contributed by atoms with E-state index in [9.17, 15) is 9.59 Å². The van der Waals surface area contributed by atoms with Crippen LogP contribution in [-0.4, -0.2) is 43.9 Å². The summed E-state index contributed by atoms with van der Waals surface area (Å²) in [6.07, 6.45) is 0.223. The van der Waals surface area contributed by atoms with E-state index in [0.29, 0.717) is 17.1 Å². The van der Waals surface area contributed by atoms with Crippen LogP contribution in [-0.2, 0) is 4.79 Å². The highest BCUT2D eigenvalue weighted by Gasteiger charge is 2.16. The second kappa shape index (κ2) is 9.56. The number of amides is 2. The topological polar surface area (TPSA) is 61.4 Å². The number of nitrogens with one attached hydrogen (secondary N) is 2. The maximum absolute atomic E-state index is 12.0. The van der Waals surface area contributed by atoms with Crippen molar-refractivity contribution in [3.63, 3.8) is 0 Å². The van der Waals surface area contributed by atoms with Crippen molar-refractivity contribution in [3.8, 4) is 0 Å². The van der Waals surface area contributed by atoms with Crippen LogP contribution >= 0.6 is 22.9 Å². The Morgan fingerprint density at radius 2 is 1.92 bits per heavy atom. The van der Waals surface area contributed by atoms with E-state index in [2.05, 4.69) is 21.6 Å². The molecule has 0 bridgehead atoms. The maximum atomic E-state index is 12.0. The van der Waals surface area contributed by atoms with Crippen molar-refractivity contribution in [2.75, 3.05) is 27.2 Å². The van der Waals surface area contributed by atoms with Crippen molar-refractivity contribution >= 4 is 34.8 Å². The molecule has 2 rings (SSSR count). The van der Waals surface area contributed by atoms with Crippen molar-refractivity contribution in [2.45, 2.75) is 12.5 Å². The molecular weight excluding hydrogens is 358 g/mol. The van der Waals surface area contributed by atoms with E-state index >= 15 is 0 Å². The highest BCUT2D eigenvalue weighted by Crippen LogP contribution is 2.22. The van der Waals surface area contributed by atoms with Crippen LogP contribution < -0.4 is 10.6 Å². The molecule has 134 valence electrons. The molecule has 2 N–H and O–H groups in total. The predicted octanol–water partition coefficient (Wildman–Crippen LogP) is 2.94. The van der Waals surface area contributed by atoms with Crippen LogP contribution in [0.2, 0.25) is 5.02 Å². The third-order valence-corrected chi connectivity index (χ3v) is 5.05. The Balaban J connectivity index is 1.75. The average Bonchev–Trinajstić information content (AvgIpc) is 3.09. The van der Waals surface area contributed by atoms with E-state index in [0.717, 1.165) is 0 Å². The summed E-state index contributed by atoms with van der Waals surface area (Å²) < 4.78 is 0. The zero-order valence-electron chi connectivity index (χ0n) is 14.3. The number of thiophene rings is 1. The fraction of sp³-hybridized carbons (Fsp3) is 0.333. The summed E-state index contributed by atoms with van der Waals surface area (Å²) in [5, 5.41) is 8.07. The molecule has 1 aromatic carbocycles. The molecule has 0 radical (unpaired) electrons. The lowest BCUT2D eigenvalue weighted by molar-refractivity contribution is -0.121. The van der Waals surface area contributed by atoms with Crippen LogP contribution in [0.25, 0.3) is 0 Å². The number of halogens is 1. The lowest BCUT2D eigenvalue weighted by Crippen LogP contribution is -2.36. The normalized spacial score (nSPS) is 12.0. The van der Waals surface area contributed by atoms with Gasteiger partial charge in [-0.1, -0.05) is 29.8 Å². The van der Waals surface area contributed by atoms with E-state index in [4.69, 9.17) is 11.6 Å². The zero-order chi connectivity index (χ0) is 18.2. The fourth-order valence-corrected chi connectivity index (χ4v) is 3.49. The predicted molar refractivity (Wildman–Crippen MR) is 102 cm³/mol. The largest absolute Gasteiger partial charge is 0.354 e. The summed E-state index contributed by atoms with van der Waals surface area (Å²) in [7, 11) is 3.97. The third kappa shape index (κ3) is 5.85. The van der Waals surface area contributed by atoms with Gasteiger partial charge in [0.05, 0.1) is 16.6 Å². The molecule has 2 aromatic rings. The van der Waals surface area contributed by atoms with E-state index in [1.807, 2.05) is 25.5 Å². The number of carbonyl (C=O) groups excluding carboxylic acids is 2. The number of hydrogen-bond donors (Lipinski definition) is 2. The molecule has 1 atom stereocenters. The van der Waals surface area contributed by atoms with Crippen molar-refractivity contribution < 1.29 is 9.59 Å². The molecule has 2 amide bonds. The number of carbonyl (C=O) groups is 2. The summed E-state index contributed by atoms with van der Waals surface area (Å²) in [5.74, 6) is -0.369. The summed E-state index contributed by atoms with van der Waals surface area (Å²) in [6, 6.07) is 11.0. The van der Waals surface area contributed by atoms with Gasteiger partial charge in [0.25, 0.3) is 5.91 Å². The molecule has 0 fully saturated rings. The summed E-state index contributed by atoms with van der Waals surface area (Å²) in [6.45, 7) is 0.798. The molecule has 1 heterocycles. The van der Waals surface area contributed by atoms with Crippen LogP contribution in [0.5, 0.6) is 0 Å². The van der Waals surface area contributed by atoms with Gasteiger partial charge in [-0.25, -0.2) is 0 Å². The van der Waals surface area contributed by atoms with Gasteiger partial charge in [0.15, 0.2) is 0 Å². The molecule has 1 unspecified atom stereocenters. The van der Waals surface area contributed by atoms with Gasteiger partial charge in [-0.3, -0.25) is 9.59 Å². The van der Waals surface area contributed by atoms with E-state index in [1.54, 1.807) is 35.6 Å². The van der Waals surface area contributed by atoms with Crippen molar-refractivity contribution in [2.24, 2.45) is 0 Å². The lowest BCUT2D eigenvalue weighted by atomic mass is 10.2. The minimum atomic E-state index is -0.275. The lowest BCUT2D eigenvalue weighted by Gasteiger charge is -2.23. The summed E-state index contributed by atoms with van der Waals surface area (Å²) >= 11 is 7.65. The Bertz CT molecular complexity index is 704. The monoisotopic (exact) mass is 379 g/mol.